The molecule has 0 saturated carbocycles. The Morgan fingerprint density at radius 2 is 2.09 bits per heavy atom. The van der Waals surface area contributed by atoms with E-state index in [2.05, 4.69) is 10.6 Å². The fourth-order valence-electron chi connectivity index (χ4n) is 1.94. The van der Waals surface area contributed by atoms with Gasteiger partial charge in [-0.15, -0.1) is 0 Å². The molecule has 5 nitrogen and oxygen atoms in total. The maximum Gasteiger partial charge on any atom is 0.319 e. The summed E-state index contributed by atoms with van der Waals surface area (Å²) in [5.74, 6) is 0.0383. The number of ether oxygens (including phenoxy) is 1. The zero-order valence-electron chi connectivity index (χ0n) is 12.3. The van der Waals surface area contributed by atoms with Crippen LogP contribution in [0.25, 0.3) is 0 Å². The van der Waals surface area contributed by atoms with Crippen molar-refractivity contribution in [3.8, 4) is 5.75 Å². The van der Waals surface area contributed by atoms with Crippen LogP contribution in [0.1, 0.15) is 11.7 Å². The van der Waals surface area contributed by atoms with Crippen LogP contribution in [0, 0.1) is 5.82 Å². The second-order valence-corrected chi connectivity index (χ2v) is 5.13. The van der Waals surface area contributed by atoms with Crippen molar-refractivity contribution in [3.63, 3.8) is 0 Å². The number of nitrogens with one attached hydrogen (secondary N) is 2. The third kappa shape index (κ3) is 4.58. The van der Waals surface area contributed by atoms with Crippen LogP contribution in [0.5, 0.6) is 5.75 Å². The van der Waals surface area contributed by atoms with Gasteiger partial charge in [0.1, 0.15) is 11.6 Å². The van der Waals surface area contributed by atoms with Crippen LogP contribution in [0.3, 0.4) is 0 Å². The van der Waals surface area contributed by atoms with E-state index in [-0.39, 0.29) is 12.1 Å². The predicted octanol–water partition coefficient (Wildman–Crippen LogP) is 3.34. The number of carbonyl (C=O) groups excluding carboxylic acids is 1. The number of rotatable bonds is 5. The van der Waals surface area contributed by atoms with Crippen LogP contribution in [0.4, 0.5) is 14.9 Å². The maximum absolute atomic E-state index is 13.5. The van der Waals surface area contributed by atoms with Crippen molar-refractivity contribution in [2.45, 2.75) is 6.10 Å². The van der Waals surface area contributed by atoms with Crippen molar-refractivity contribution in [1.82, 2.24) is 5.32 Å². The molecule has 0 radical (unpaired) electrons. The Morgan fingerprint density at radius 3 is 2.74 bits per heavy atom. The number of aliphatic hydroxyl groups excluding tert-OH is 1. The molecule has 0 fully saturated rings. The SMILES string of the molecule is COc1ccc(NC(=O)NCC(O)c2ccccc2F)c(Cl)c1. The van der Waals surface area contributed by atoms with Gasteiger partial charge in [-0.1, -0.05) is 29.8 Å². The average Bonchev–Trinajstić information content (AvgIpc) is 2.55. The monoisotopic (exact) mass is 338 g/mol. The number of methoxy groups -OCH3 is 1. The number of amides is 2. The van der Waals surface area contributed by atoms with Crippen LogP contribution >= 0.6 is 11.6 Å². The highest BCUT2D eigenvalue weighted by molar-refractivity contribution is 6.33. The molecule has 2 rings (SSSR count). The molecule has 0 aromatic heterocycles. The highest BCUT2D eigenvalue weighted by Crippen LogP contribution is 2.26. The summed E-state index contributed by atoms with van der Waals surface area (Å²) >= 11 is 6.01. The summed E-state index contributed by atoms with van der Waals surface area (Å²) in [5.41, 5.74) is 0.514. The molecule has 23 heavy (non-hydrogen) atoms. The molecule has 0 heterocycles. The first kappa shape index (κ1) is 17.1. The van der Waals surface area contributed by atoms with E-state index in [1.54, 1.807) is 24.3 Å². The molecule has 0 aliphatic carbocycles. The third-order valence-electron chi connectivity index (χ3n) is 3.14. The quantitative estimate of drug-likeness (QED) is 0.783. The molecule has 1 atom stereocenters. The number of hydrogen-bond donors (Lipinski definition) is 3. The van der Waals surface area contributed by atoms with Crippen molar-refractivity contribution in [1.29, 1.82) is 0 Å². The molecule has 0 aliphatic rings. The highest BCUT2D eigenvalue weighted by atomic mass is 35.5. The molecule has 0 saturated heterocycles. The molecule has 3 N–H and O–H groups in total. The molecule has 2 aromatic carbocycles. The summed E-state index contributed by atoms with van der Waals surface area (Å²) < 4.78 is 18.5. The number of carbonyl (C=O) groups is 1. The van der Waals surface area contributed by atoms with E-state index in [1.807, 2.05) is 0 Å². The van der Waals surface area contributed by atoms with Crippen LogP contribution in [0.2, 0.25) is 5.02 Å². The predicted molar refractivity (Wildman–Crippen MR) is 86.4 cm³/mol. The maximum atomic E-state index is 13.5. The van der Waals surface area contributed by atoms with E-state index >= 15 is 0 Å². The molecule has 1 unspecified atom stereocenters. The van der Waals surface area contributed by atoms with Gasteiger partial charge in [0.2, 0.25) is 0 Å². The lowest BCUT2D eigenvalue weighted by molar-refractivity contribution is 0.170. The molecule has 7 heteroatoms. The first-order valence-corrected chi connectivity index (χ1v) is 7.20. The molecule has 2 aromatic rings. The minimum Gasteiger partial charge on any atom is -0.497 e. The van der Waals surface area contributed by atoms with Gasteiger partial charge in [0, 0.05) is 18.2 Å². The smallest absolute Gasteiger partial charge is 0.319 e. The number of anilines is 1. The number of hydrogen-bond acceptors (Lipinski definition) is 3. The average molecular weight is 339 g/mol. The minimum atomic E-state index is -1.15. The first-order valence-electron chi connectivity index (χ1n) is 6.82. The summed E-state index contributed by atoms with van der Waals surface area (Å²) in [4.78, 5) is 11.8. The largest absolute Gasteiger partial charge is 0.497 e. The van der Waals surface area contributed by atoms with Crippen molar-refractivity contribution in [3.05, 3.63) is 58.9 Å². The lowest BCUT2D eigenvalue weighted by atomic mass is 10.1. The number of aliphatic hydroxyl groups is 1. The van der Waals surface area contributed by atoms with E-state index in [0.717, 1.165) is 0 Å². The minimum absolute atomic E-state index is 0.121. The zero-order chi connectivity index (χ0) is 16.8. The summed E-state index contributed by atoms with van der Waals surface area (Å²) in [6.45, 7) is -0.138. The Morgan fingerprint density at radius 1 is 1.35 bits per heavy atom. The molecular formula is C16H16ClFN2O3. The number of halogens is 2. The molecule has 0 aliphatic heterocycles. The van der Waals surface area contributed by atoms with Crippen LogP contribution in [0.15, 0.2) is 42.5 Å². The van der Waals surface area contributed by atoms with Crippen LogP contribution in [-0.2, 0) is 0 Å². The van der Waals surface area contributed by atoms with Gasteiger partial charge in [0.05, 0.1) is 23.9 Å². The summed E-state index contributed by atoms with van der Waals surface area (Å²) in [6, 6.07) is 10.1. The van der Waals surface area contributed by atoms with Gasteiger partial charge in [0.25, 0.3) is 0 Å². The van der Waals surface area contributed by atoms with Crippen molar-refractivity contribution in [2.75, 3.05) is 19.0 Å². The Kier molecular flexibility index (Phi) is 5.78. The number of urea groups is 1. The van der Waals surface area contributed by atoms with E-state index in [4.69, 9.17) is 16.3 Å². The highest BCUT2D eigenvalue weighted by Gasteiger charge is 2.14. The molecule has 122 valence electrons. The van der Waals surface area contributed by atoms with Crippen molar-refractivity contribution in [2.24, 2.45) is 0 Å². The van der Waals surface area contributed by atoms with E-state index in [0.29, 0.717) is 16.5 Å². The zero-order valence-corrected chi connectivity index (χ0v) is 13.1. The normalized spacial score (nSPS) is 11.7. The van der Waals surface area contributed by atoms with Gasteiger partial charge in [0.15, 0.2) is 0 Å². The fraction of sp³-hybridized carbons (Fsp3) is 0.188. The van der Waals surface area contributed by atoms with Gasteiger partial charge in [-0.05, 0) is 18.2 Å². The molecular weight excluding hydrogens is 323 g/mol. The van der Waals surface area contributed by atoms with Gasteiger partial charge in [-0.2, -0.15) is 0 Å². The molecule has 0 bridgehead atoms. The Bertz CT molecular complexity index is 697. The standard InChI is InChI=1S/C16H16ClFN2O3/c1-23-10-6-7-14(12(17)8-10)20-16(22)19-9-15(21)11-4-2-3-5-13(11)18/h2-8,15,21H,9H2,1H3,(H2,19,20,22). The second-order valence-electron chi connectivity index (χ2n) is 4.72. The fourth-order valence-corrected chi connectivity index (χ4v) is 2.15. The topological polar surface area (TPSA) is 70.6 Å². The van der Waals surface area contributed by atoms with Crippen LogP contribution in [-0.4, -0.2) is 24.8 Å². The van der Waals surface area contributed by atoms with Gasteiger partial charge < -0.3 is 20.5 Å². The van der Waals surface area contributed by atoms with E-state index in [9.17, 15) is 14.3 Å². The van der Waals surface area contributed by atoms with Gasteiger partial charge in [-0.25, -0.2) is 9.18 Å². The summed E-state index contributed by atoms with van der Waals surface area (Å²) in [5, 5.41) is 15.2. The Balaban J connectivity index is 1.91. The summed E-state index contributed by atoms with van der Waals surface area (Å²) in [7, 11) is 1.51. The van der Waals surface area contributed by atoms with Crippen LogP contribution < -0.4 is 15.4 Å². The second kappa shape index (κ2) is 7.80. The van der Waals surface area contributed by atoms with Crippen molar-refractivity contribution < 1.29 is 19.0 Å². The lowest BCUT2D eigenvalue weighted by Crippen LogP contribution is -2.32. The molecule has 0 spiro atoms. The Hall–Kier alpha value is -2.31. The molecule has 2 amide bonds. The first-order chi connectivity index (χ1) is 11.0. The van der Waals surface area contributed by atoms with Gasteiger partial charge in [-0.3, -0.25) is 0 Å². The van der Waals surface area contributed by atoms with E-state index in [1.165, 1.54) is 25.3 Å². The lowest BCUT2D eigenvalue weighted by Gasteiger charge is -2.14. The van der Waals surface area contributed by atoms with Crippen molar-refractivity contribution >= 4 is 23.3 Å². The Labute approximate surface area is 138 Å². The third-order valence-corrected chi connectivity index (χ3v) is 3.46. The van der Waals surface area contributed by atoms with Gasteiger partial charge >= 0.3 is 6.03 Å². The van der Waals surface area contributed by atoms with E-state index < -0.39 is 18.0 Å². The summed E-state index contributed by atoms with van der Waals surface area (Å²) in [6.07, 6.45) is -1.15. The number of benzene rings is 2.